The van der Waals surface area contributed by atoms with Gasteiger partial charge in [0, 0.05) is 16.0 Å². The average Bonchev–Trinajstić information content (AvgIpc) is 2.54. The molecule has 0 unspecified atom stereocenters. The fourth-order valence-electron chi connectivity index (χ4n) is 2.49. The van der Waals surface area contributed by atoms with E-state index in [4.69, 9.17) is 16.7 Å². The lowest BCUT2D eigenvalue weighted by Crippen LogP contribution is -2.17. The lowest BCUT2D eigenvalue weighted by atomic mass is 10.1. The van der Waals surface area contributed by atoms with E-state index in [2.05, 4.69) is 4.74 Å². The van der Waals surface area contributed by atoms with Gasteiger partial charge in [-0.3, -0.25) is 4.79 Å². The van der Waals surface area contributed by atoms with Crippen molar-refractivity contribution < 1.29 is 23.4 Å². The zero-order chi connectivity index (χ0) is 18.1. The predicted molar refractivity (Wildman–Crippen MR) is 87.3 cm³/mol. The van der Waals surface area contributed by atoms with Gasteiger partial charge in [-0.2, -0.15) is 0 Å². The maximum absolute atomic E-state index is 13.9. The number of benzene rings is 2. The summed E-state index contributed by atoms with van der Waals surface area (Å²) in [6.07, 6.45) is -0.588. The highest BCUT2D eigenvalue weighted by molar-refractivity contribution is 6.31. The summed E-state index contributed by atoms with van der Waals surface area (Å²) < 4.78 is 33.7. The fraction of sp³-hybridized carbons (Fsp3) is 0.0588. The Morgan fingerprint density at radius 3 is 2.52 bits per heavy atom. The predicted octanol–water partition coefficient (Wildman–Crippen LogP) is 4.04. The normalized spacial score (nSPS) is 10.8. The Bertz CT molecular complexity index is 1030. The molecule has 3 aromatic rings. The van der Waals surface area contributed by atoms with E-state index in [-0.39, 0.29) is 23.0 Å². The number of nitrogens with zero attached hydrogens (tertiary/aromatic N) is 1. The summed E-state index contributed by atoms with van der Waals surface area (Å²) >= 11 is 5.94. The van der Waals surface area contributed by atoms with E-state index in [0.717, 1.165) is 18.3 Å². The van der Waals surface area contributed by atoms with Crippen molar-refractivity contribution in [3.05, 3.63) is 75.0 Å². The van der Waals surface area contributed by atoms with E-state index in [1.165, 1.54) is 28.8 Å². The molecule has 0 saturated heterocycles. The van der Waals surface area contributed by atoms with Crippen molar-refractivity contribution in [1.82, 2.24) is 4.57 Å². The summed E-state index contributed by atoms with van der Waals surface area (Å²) in [4.78, 5) is 23.1. The van der Waals surface area contributed by atoms with Crippen LogP contribution in [0.2, 0.25) is 5.02 Å². The van der Waals surface area contributed by atoms with Crippen molar-refractivity contribution in [3.8, 4) is 5.75 Å². The number of ether oxygens (including phenoxy) is 1. The second-order valence-corrected chi connectivity index (χ2v) is 5.62. The largest absolute Gasteiger partial charge is 0.511 e. The van der Waals surface area contributed by atoms with Gasteiger partial charge < -0.3 is 14.4 Å². The van der Waals surface area contributed by atoms with Crippen molar-refractivity contribution >= 4 is 28.7 Å². The summed E-state index contributed by atoms with van der Waals surface area (Å²) in [6.45, 7) is -0.286. The van der Waals surface area contributed by atoms with Crippen molar-refractivity contribution in [2.75, 3.05) is 0 Å². The lowest BCUT2D eigenvalue weighted by molar-refractivity contribution is 0.144. The first-order chi connectivity index (χ1) is 11.9. The Labute approximate surface area is 144 Å². The summed E-state index contributed by atoms with van der Waals surface area (Å²) in [5.41, 5.74) is -0.620. The molecule has 2 aromatic carbocycles. The molecule has 3 rings (SSSR count). The molecule has 0 saturated carbocycles. The van der Waals surface area contributed by atoms with Gasteiger partial charge in [-0.05, 0) is 30.3 Å². The second-order valence-electron chi connectivity index (χ2n) is 5.18. The minimum Gasteiger partial charge on any atom is -0.449 e. The Morgan fingerprint density at radius 2 is 1.88 bits per heavy atom. The molecular formula is C17H10ClF2NO4. The first kappa shape index (κ1) is 16.9. The Balaban J connectivity index is 2.25. The minimum atomic E-state index is -1.67. The maximum atomic E-state index is 13.9. The van der Waals surface area contributed by atoms with Crippen LogP contribution in [0.1, 0.15) is 5.56 Å². The number of fused-ring (bicyclic) bond motifs is 1. The maximum Gasteiger partial charge on any atom is 0.511 e. The van der Waals surface area contributed by atoms with Crippen LogP contribution in [0.5, 0.6) is 5.75 Å². The van der Waals surface area contributed by atoms with Gasteiger partial charge in [0.1, 0.15) is 11.6 Å². The number of carboxylic acid groups (broad SMARTS) is 1. The standard InChI is InChI=1S/C17H10ClF2NO4/c18-9-4-5-10-14(6-9)21(8-15(16(10)22)25-17(23)24)7-11-12(19)2-1-3-13(11)20/h1-6,8H,7H2,(H,23,24). The van der Waals surface area contributed by atoms with Crippen molar-refractivity contribution in [3.63, 3.8) is 0 Å². The fourth-order valence-corrected chi connectivity index (χ4v) is 2.65. The molecule has 0 amide bonds. The molecular weight excluding hydrogens is 356 g/mol. The van der Waals surface area contributed by atoms with Crippen LogP contribution >= 0.6 is 11.6 Å². The molecule has 0 fully saturated rings. The van der Waals surface area contributed by atoms with Gasteiger partial charge in [0.2, 0.25) is 5.43 Å². The van der Waals surface area contributed by atoms with Gasteiger partial charge in [0.25, 0.3) is 0 Å². The highest BCUT2D eigenvalue weighted by Gasteiger charge is 2.16. The molecule has 5 nitrogen and oxygen atoms in total. The lowest BCUT2D eigenvalue weighted by Gasteiger charge is -2.14. The summed E-state index contributed by atoms with van der Waals surface area (Å²) in [6, 6.07) is 7.72. The van der Waals surface area contributed by atoms with Crippen LogP contribution in [0.15, 0.2) is 47.4 Å². The molecule has 1 aromatic heterocycles. The topological polar surface area (TPSA) is 68.5 Å². The van der Waals surface area contributed by atoms with Gasteiger partial charge in [-0.15, -0.1) is 0 Å². The highest BCUT2D eigenvalue weighted by atomic mass is 35.5. The minimum absolute atomic E-state index is 0.111. The molecule has 0 aliphatic heterocycles. The smallest absolute Gasteiger partial charge is 0.449 e. The van der Waals surface area contributed by atoms with Gasteiger partial charge in [0.15, 0.2) is 5.75 Å². The quantitative estimate of drug-likeness (QED) is 0.711. The van der Waals surface area contributed by atoms with Gasteiger partial charge >= 0.3 is 6.16 Å². The van der Waals surface area contributed by atoms with E-state index in [1.54, 1.807) is 0 Å². The van der Waals surface area contributed by atoms with E-state index in [0.29, 0.717) is 5.02 Å². The molecule has 8 heteroatoms. The molecule has 0 spiro atoms. The molecule has 0 aliphatic rings. The van der Waals surface area contributed by atoms with Crippen LogP contribution in [-0.4, -0.2) is 15.8 Å². The molecule has 0 atom stereocenters. The average molecular weight is 366 g/mol. The van der Waals surface area contributed by atoms with Crippen LogP contribution < -0.4 is 10.2 Å². The molecule has 0 aliphatic carbocycles. The number of aromatic nitrogens is 1. The third kappa shape index (κ3) is 3.32. The van der Waals surface area contributed by atoms with Crippen molar-refractivity contribution in [2.45, 2.75) is 6.54 Å². The number of halogens is 3. The number of hydrogen-bond donors (Lipinski definition) is 1. The first-order valence-corrected chi connectivity index (χ1v) is 7.41. The Kier molecular flexibility index (Phi) is 4.41. The zero-order valence-corrected chi connectivity index (χ0v) is 13.3. The van der Waals surface area contributed by atoms with Crippen LogP contribution in [0.4, 0.5) is 13.6 Å². The number of rotatable bonds is 3. The van der Waals surface area contributed by atoms with Crippen LogP contribution in [-0.2, 0) is 6.54 Å². The van der Waals surface area contributed by atoms with Crippen LogP contribution in [0, 0.1) is 11.6 Å². The summed E-state index contributed by atoms with van der Waals surface area (Å²) in [7, 11) is 0. The van der Waals surface area contributed by atoms with Gasteiger partial charge in [0.05, 0.1) is 18.3 Å². The zero-order valence-electron chi connectivity index (χ0n) is 12.5. The molecule has 1 heterocycles. The van der Waals surface area contributed by atoms with Crippen LogP contribution in [0.3, 0.4) is 0 Å². The van der Waals surface area contributed by atoms with E-state index in [9.17, 15) is 18.4 Å². The van der Waals surface area contributed by atoms with Gasteiger partial charge in [-0.1, -0.05) is 17.7 Å². The molecule has 25 heavy (non-hydrogen) atoms. The Hall–Kier alpha value is -2.93. The summed E-state index contributed by atoms with van der Waals surface area (Å²) in [5, 5.41) is 9.18. The SMILES string of the molecule is O=C(O)Oc1cn(Cc2c(F)cccc2F)c2cc(Cl)ccc2c1=O. The third-order valence-corrected chi connectivity index (χ3v) is 3.83. The van der Waals surface area contributed by atoms with Crippen LogP contribution in [0.25, 0.3) is 10.9 Å². The first-order valence-electron chi connectivity index (χ1n) is 7.03. The Morgan fingerprint density at radius 1 is 1.20 bits per heavy atom. The number of pyridine rings is 1. The van der Waals surface area contributed by atoms with Crippen molar-refractivity contribution in [2.24, 2.45) is 0 Å². The van der Waals surface area contributed by atoms with E-state index < -0.39 is 29.0 Å². The monoisotopic (exact) mass is 365 g/mol. The van der Waals surface area contributed by atoms with E-state index >= 15 is 0 Å². The van der Waals surface area contributed by atoms with E-state index in [1.807, 2.05) is 0 Å². The third-order valence-electron chi connectivity index (χ3n) is 3.60. The molecule has 0 radical (unpaired) electrons. The van der Waals surface area contributed by atoms with Crippen molar-refractivity contribution in [1.29, 1.82) is 0 Å². The molecule has 1 N–H and O–H groups in total. The molecule has 0 bridgehead atoms. The highest BCUT2D eigenvalue weighted by Crippen LogP contribution is 2.23. The van der Waals surface area contributed by atoms with Gasteiger partial charge in [-0.25, -0.2) is 13.6 Å². The second kappa shape index (κ2) is 6.52. The summed E-state index contributed by atoms with van der Waals surface area (Å²) in [5.74, 6) is -2.01. The molecule has 128 valence electrons. The number of carbonyl (C=O) groups is 1. The number of hydrogen-bond acceptors (Lipinski definition) is 3.